The van der Waals surface area contributed by atoms with Gasteiger partial charge in [0, 0.05) is 37.1 Å². The standard InChI is InChI=1S/C20H19N3O3S/c24-20(10-12-27(25,26)18-6-2-1-3-7-18)23-14-16-8-9-19(22-13-16)17-5-4-11-21-15-17/h1-9,11,13,15H,10,12,14H2,(H,23,24). The third-order valence-corrected chi connectivity index (χ3v) is 5.70. The van der Waals surface area contributed by atoms with E-state index in [-0.39, 0.29) is 23.0 Å². The van der Waals surface area contributed by atoms with Crippen molar-refractivity contribution < 1.29 is 13.2 Å². The fourth-order valence-corrected chi connectivity index (χ4v) is 3.74. The molecule has 2 aromatic heterocycles. The zero-order valence-corrected chi connectivity index (χ0v) is 15.4. The molecule has 1 N–H and O–H groups in total. The molecule has 1 aromatic carbocycles. The molecule has 0 unspecified atom stereocenters. The number of nitrogens with zero attached hydrogens (tertiary/aromatic N) is 2. The third kappa shape index (κ3) is 5.21. The van der Waals surface area contributed by atoms with Gasteiger partial charge in [0.2, 0.25) is 5.91 Å². The van der Waals surface area contributed by atoms with Gasteiger partial charge in [0.15, 0.2) is 9.84 Å². The lowest BCUT2D eigenvalue weighted by Gasteiger charge is -2.07. The van der Waals surface area contributed by atoms with Crippen molar-refractivity contribution in [3.05, 3.63) is 78.8 Å². The average molecular weight is 381 g/mol. The first-order valence-electron chi connectivity index (χ1n) is 8.44. The van der Waals surface area contributed by atoms with Crippen molar-refractivity contribution in [2.75, 3.05) is 5.75 Å². The molecule has 0 bridgehead atoms. The summed E-state index contributed by atoms with van der Waals surface area (Å²) in [4.78, 5) is 20.6. The first kappa shape index (κ1) is 18.7. The summed E-state index contributed by atoms with van der Waals surface area (Å²) in [6, 6.07) is 15.6. The van der Waals surface area contributed by atoms with Gasteiger partial charge < -0.3 is 5.32 Å². The summed E-state index contributed by atoms with van der Waals surface area (Å²) in [7, 11) is -3.45. The summed E-state index contributed by atoms with van der Waals surface area (Å²) in [6.07, 6.45) is 5.03. The Morgan fingerprint density at radius 2 is 1.78 bits per heavy atom. The van der Waals surface area contributed by atoms with Crippen LogP contribution in [0.25, 0.3) is 11.3 Å². The largest absolute Gasteiger partial charge is 0.352 e. The van der Waals surface area contributed by atoms with Crippen molar-refractivity contribution in [2.24, 2.45) is 0 Å². The first-order valence-corrected chi connectivity index (χ1v) is 10.1. The topological polar surface area (TPSA) is 89.0 Å². The highest BCUT2D eigenvalue weighted by molar-refractivity contribution is 7.91. The van der Waals surface area contributed by atoms with Gasteiger partial charge in [-0.3, -0.25) is 14.8 Å². The van der Waals surface area contributed by atoms with Gasteiger partial charge in [0.25, 0.3) is 0 Å². The maximum Gasteiger partial charge on any atom is 0.221 e. The highest BCUT2D eigenvalue weighted by atomic mass is 32.2. The molecule has 0 aliphatic heterocycles. The van der Waals surface area contributed by atoms with Crippen LogP contribution in [0.2, 0.25) is 0 Å². The Morgan fingerprint density at radius 3 is 2.44 bits per heavy atom. The van der Waals surface area contributed by atoms with Gasteiger partial charge in [-0.1, -0.05) is 24.3 Å². The number of sulfone groups is 1. The smallest absolute Gasteiger partial charge is 0.221 e. The van der Waals surface area contributed by atoms with Crippen LogP contribution in [-0.2, 0) is 21.2 Å². The monoisotopic (exact) mass is 381 g/mol. The van der Waals surface area contributed by atoms with Gasteiger partial charge in [-0.2, -0.15) is 0 Å². The van der Waals surface area contributed by atoms with E-state index in [1.165, 1.54) is 12.1 Å². The highest BCUT2D eigenvalue weighted by Gasteiger charge is 2.15. The predicted octanol–water partition coefficient (Wildman–Crippen LogP) is 2.62. The summed E-state index contributed by atoms with van der Waals surface area (Å²) in [5.74, 6) is -0.535. The SMILES string of the molecule is O=C(CCS(=O)(=O)c1ccccc1)NCc1ccc(-c2cccnc2)nc1. The Morgan fingerprint density at radius 1 is 0.963 bits per heavy atom. The second-order valence-electron chi connectivity index (χ2n) is 5.95. The summed E-state index contributed by atoms with van der Waals surface area (Å²) >= 11 is 0. The number of carbonyl (C=O) groups is 1. The molecule has 0 spiro atoms. The second kappa shape index (κ2) is 8.55. The number of nitrogens with one attached hydrogen (secondary N) is 1. The quantitative estimate of drug-likeness (QED) is 0.680. The van der Waals surface area contributed by atoms with Crippen LogP contribution in [0.5, 0.6) is 0 Å². The van der Waals surface area contributed by atoms with Gasteiger partial charge in [0.1, 0.15) is 0 Å². The van der Waals surface area contributed by atoms with E-state index in [2.05, 4.69) is 15.3 Å². The van der Waals surface area contributed by atoms with E-state index in [0.717, 1.165) is 16.8 Å². The van der Waals surface area contributed by atoms with E-state index in [4.69, 9.17) is 0 Å². The fourth-order valence-electron chi connectivity index (χ4n) is 2.48. The molecular formula is C20H19N3O3S. The Bertz CT molecular complexity index is 990. The van der Waals surface area contributed by atoms with Crippen LogP contribution < -0.4 is 5.32 Å². The normalized spacial score (nSPS) is 11.1. The summed E-state index contributed by atoms with van der Waals surface area (Å²) in [5, 5.41) is 2.73. The number of aromatic nitrogens is 2. The average Bonchev–Trinajstić information content (AvgIpc) is 2.72. The van der Waals surface area contributed by atoms with Gasteiger partial charge in [-0.15, -0.1) is 0 Å². The van der Waals surface area contributed by atoms with E-state index in [1.807, 2.05) is 24.3 Å². The van der Waals surface area contributed by atoms with Gasteiger partial charge in [-0.25, -0.2) is 8.42 Å². The molecule has 3 aromatic rings. The van der Waals surface area contributed by atoms with E-state index in [0.29, 0.717) is 6.54 Å². The number of hydrogen-bond donors (Lipinski definition) is 1. The van der Waals surface area contributed by atoms with Crippen LogP contribution in [0, 0.1) is 0 Å². The van der Waals surface area contributed by atoms with E-state index < -0.39 is 9.84 Å². The van der Waals surface area contributed by atoms with Gasteiger partial charge in [0.05, 0.1) is 16.3 Å². The zero-order valence-electron chi connectivity index (χ0n) is 14.6. The molecule has 0 atom stereocenters. The fraction of sp³-hybridized carbons (Fsp3) is 0.150. The Balaban J connectivity index is 1.51. The van der Waals surface area contributed by atoms with Crippen LogP contribution in [0.4, 0.5) is 0 Å². The number of carbonyl (C=O) groups excluding carboxylic acids is 1. The summed E-state index contributed by atoms with van der Waals surface area (Å²) < 4.78 is 24.4. The van der Waals surface area contributed by atoms with Crippen molar-refractivity contribution in [1.29, 1.82) is 0 Å². The molecule has 0 aliphatic rings. The molecule has 138 valence electrons. The van der Waals surface area contributed by atoms with E-state index in [9.17, 15) is 13.2 Å². The lowest BCUT2D eigenvalue weighted by molar-refractivity contribution is -0.120. The molecule has 1 amide bonds. The van der Waals surface area contributed by atoms with Crippen LogP contribution in [0.3, 0.4) is 0 Å². The molecule has 6 nitrogen and oxygen atoms in total. The minimum atomic E-state index is -3.45. The summed E-state index contributed by atoms with van der Waals surface area (Å²) in [5.41, 5.74) is 2.55. The van der Waals surface area contributed by atoms with Crippen LogP contribution in [0.1, 0.15) is 12.0 Å². The maximum absolute atomic E-state index is 12.2. The molecule has 0 saturated heterocycles. The van der Waals surface area contributed by atoms with Crippen molar-refractivity contribution >= 4 is 15.7 Å². The van der Waals surface area contributed by atoms with Crippen LogP contribution in [0.15, 0.2) is 78.1 Å². The third-order valence-electron chi connectivity index (χ3n) is 3.97. The van der Waals surface area contributed by atoms with Crippen molar-refractivity contribution in [2.45, 2.75) is 17.9 Å². The lowest BCUT2D eigenvalue weighted by Crippen LogP contribution is -2.25. The first-order chi connectivity index (χ1) is 13.0. The summed E-state index contributed by atoms with van der Waals surface area (Å²) in [6.45, 7) is 0.296. The van der Waals surface area contributed by atoms with Gasteiger partial charge >= 0.3 is 0 Å². The molecular weight excluding hydrogens is 362 g/mol. The van der Waals surface area contributed by atoms with Crippen molar-refractivity contribution in [3.63, 3.8) is 0 Å². The molecule has 0 saturated carbocycles. The van der Waals surface area contributed by atoms with Gasteiger partial charge in [-0.05, 0) is 35.9 Å². The number of pyridine rings is 2. The second-order valence-corrected chi connectivity index (χ2v) is 8.06. The lowest BCUT2D eigenvalue weighted by atomic mass is 10.1. The predicted molar refractivity (Wildman–Crippen MR) is 102 cm³/mol. The molecule has 3 rings (SSSR count). The minimum absolute atomic E-state index is 0.0849. The number of hydrogen-bond acceptors (Lipinski definition) is 5. The van der Waals surface area contributed by atoms with E-state index >= 15 is 0 Å². The molecule has 27 heavy (non-hydrogen) atoms. The molecule has 0 radical (unpaired) electrons. The molecule has 2 heterocycles. The number of amides is 1. The van der Waals surface area contributed by atoms with Crippen LogP contribution >= 0.6 is 0 Å². The zero-order chi connectivity index (χ0) is 19.1. The molecule has 7 heteroatoms. The van der Waals surface area contributed by atoms with Crippen molar-refractivity contribution in [3.8, 4) is 11.3 Å². The van der Waals surface area contributed by atoms with Crippen molar-refractivity contribution in [1.82, 2.24) is 15.3 Å². The van der Waals surface area contributed by atoms with Crippen LogP contribution in [-0.4, -0.2) is 30.0 Å². The van der Waals surface area contributed by atoms with E-state index in [1.54, 1.807) is 36.8 Å². The number of rotatable bonds is 7. The minimum Gasteiger partial charge on any atom is -0.352 e. The Hall–Kier alpha value is -3.06. The highest BCUT2D eigenvalue weighted by Crippen LogP contribution is 2.15. The number of benzene rings is 1. The Kier molecular flexibility index (Phi) is 5.93. The Labute approximate surface area is 158 Å². The molecule has 0 fully saturated rings. The maximum atomic E-state index is 12.2. The molecule has 0 aliphatic carbocycles.